The van der Waals surface area contributed by atoms with Crippen LogP contribution in [0.1, 0.15) is 36.1 Å². The van der Waals surface area contributed by atoms with Gasteiger partial charge in [-0.1, -0.05) is 12.1 Å². The second kappa shape index (κ2) is 7.03. The van der Waals surface area contributed by atoms with Crippen LogP contribution in [0.2, 0.25) is 0 Å². The summed E-state index contributed by atoms with van der Waals surface area (Å²) in [6.45, 7) is 5.40. The Labute approximate surface area is 142 Å². The predicted molar refractivity (Wildman–Crippen MR) is 91.0 cm³/mol. The summed E-state index contributed by atoms with van der Waals surface area (Å²) < 4.78 is 7.13. The second-order valence-corrected chi connectivity index (χ2v) is 6.31. The van der Waals surface area contributed by atoms with Gasteiger partial charge >= 0.3 is 0 Å². The predicted octanol–water partition coefficient (Wildman–Crippen LogP) is 2.31. The van der Waals surface area contributed by atoms with Crippen LogP contribution in [-0.2, 0) is 11.2 Å². The summed E-state index contributed by atoms with van der Waals surface area (Å²) >= 11 is 0. The van der Waals surface area contributed by atoms with Crippen LogP contribution in [0.4, 0.5) is 0 Å². The molecule has 1 aromatic carbocycles. The molecular formula is C18H24N4O2. The second-order valence-electron chi connectivity index (χ2n) is 6.31. The third-order valence-electron chi connectivity index (χ3n) is 4.52. The fourth-order valence-electron chi connectivity index (χ4n) is 3.29. The summed E-state index contributed by atoms with van der Waals surface area (Å²) in [5.41, 5.74) is 1.01. The first-order chi connectivity index (χ1) is 11.6. The van der Waals surface area contributed by atoms with Gasteiger partial charge in [-0.25, -0.2) is 9.67 Å². The van der Waals surface area contributed by atoms with Crippen LogP contribution in [0, 0.1) is 13.8 Å². The number of aryl methyl sites for hydroxylation is 2. The highest BCUT2D eigenvalue weighted by molar-refractivity contribution is 5.79. The Morgan fingerprint density at radius 3 is 2.67 bits per heavy atom. The van der Waals surface area contributed by atoms with Gasteiger partial charge in [-0.3, -0.25) is 4.79 Å². The van der Waals surface area contributed by atoms with Crippen LogP contribution in [0.5, 0.6) is 5.75 Å². The van der Waals surface area contributed by atoms with Crippen molar-refractivity contribution in [2.75, 3.05) is 20.2 Å². The highest BCUT2D eigenvalue weighted by Gasteiger charge is 2.26. The van der Waals surface area contributed by atoms with Gasteiger partial charge in [0.05, 0.1) is 19.6 Å². The number of nitrogens with zero attached hydrogens (tertiary/aromatic N) is 4. The summed E-state index contributed by atoms with van der Waals surface area (Å²) in [6.07, 6.45) is 2.46. The highest BCUT2D eigenvalue weighted by atomic mass is 16.5. The molecule has 1 saturated heterocycles. The van der Waals surface area contributed by atoms with E-state index in [4.69, 9.17) is 4.74 Å². The molecule has 0 spiro atoms. The van der Waals surface area contributed by atoms with Crippen molar-refractivity contribution in [2.45, 2.75) is 39.2 Å². The van der Waals surface area contributed by atoms with Gasteiger partial charge in [0.1, 0.15) is 17.4 Å². The van der Waals surface area contributed by atoms with E-state index in [-0.39, 0.29) is 11.9 Å². The van der Waals surface area contributed by atoms with E-state index < -0.39 is 0 Å². The lowest BCUT2D eigenvalue weighted by molar-refractivity contribution is -0.132. The summed E-state index contributed by atoms with van der Waals surface area (Å²) in [5, 5.41) is 4.48. The number of hydrogen-bond acceptors (Lipinski definition) is 4. The molecule has 0 N–H and O–H groups in total. The van der Waals surface area contributed by atoms with Gasteiger partial charge in [-0.2, -0.15) is 5.10 Å². The minimum atomic E-state index is 0.166. The van der Waals surface area contributed by atoms with Crippen molar-refractivity contribution in [1.29, 1.82) is 0 Å². The number of methoxy groups -OCH3 is 1. The molecule has 1 aromatic heterocycles. The quantitative estimate of drug-likeness (QED) is 0.864. The maximum absolute atomic E-state index is 12.6. The third kappa shape index (κ3) is 3.58. The molecule has 6 heteroatoms. The van der Waals surface area contributed by atoms with Crippen LogP contribution >= 0.6 is 0 Å². The first-order valence-electron chi connectivity index (χ1n) is 8.37. The van der Waals surface area contributed by atoms with Crippen LogP contribution < -0.4 is 4.74 Å². The summed E-state index contributed by atoms with van der Waals surface area (Å²) in [6, 6.07) is 7.90. The van der Waals surface area contributed by atoms with Crippen LogP contribution in [-0.4, -0.2) is 45.8 Å². The van der Waals surface area contributed by atoms with Gasteiger partial charge in [0, 0.05) is 13.1 Å². The minimum Gasteiger partial charge on any atom is -0.497 e. The molecule has 24 heavy (non-hydrogen) atoms. The molecule has 1 atom stereocenters. The van der Waals surface area contributed by atoms with Crippen LogP contribution in [0.15, 0.2) is 24.3 Å². The molecule has 0 radical (unpaired) electrons. The van der Waals surface area contributed by atoms with Crippen molar-refractivity contribution in [3.8, 4) is 5.75 Å². The highest BCUT2D eigenvalue weighted by Crippen LogP contribution is 2.23. The number of likely N-dealkylation sites (tertiary alicyclic amines) is 1. The zero-order chi connectivity index (χ0) is 17.1. The van der Waals surface area contributed by atoms with Crippen molar-refractivity contribution < 1.29 is 9.53 Å². The zero-order valence-corrected chi connectivity index (χ0v) is 14.5. The lowest BCUT2D eigenvalue weighted by Crippen LogP contribution is -2.41. The number of piperidine rings is 1. The van der Waals surface area contributed by atoms with Gasteiger partial charge < -0.3 is 9.64 Å². The number of carbonyl (C=O) groups excluding carboxylic acids is 1. The zero-order valence-electron chi connectivity index (χ0n) is 14.5. The molecule has 2 heterocycles. The molecule has 1 amide bonds. The van der Waals surface area contributed by atoms with E-state index in [9.17, 15) is 4.79 Å². The Morgan fingerprint density at radius 2 is 2.04 bits per heavy atom. The molecule has 3 rings (SSSR count). The Balaban J connectivity index is 1.65. The van der Waals surface area contributed by atoms with Crippen molar-refractivity contribution in [1.82, 2.24) is 19.7 Å². The van der Waals surface area contributed by atoms with Gasteiger partial charge in [0.25, 0.3) is 0 Å². The maximum Gasteiger partial charge on any atom is 0.227 e. The topological polar surface area (TPSA) is 60.2 Å². The van der Waals surface area contributed by atoms with Crippen molar-refractivity contribution >= 4 is 5.91 Å². The Morgan fingerprint density at radius 1 is 1.29 bits per heavy atom. The average Bonchev–Trinajstić information content (AvgIpc) is 2.94. The summed E-state index contributed by atoms with van der Waals surface area (Å²) in [7, 11) is 1.64. The number of amides is 1. The van der Waals surface area contributed by atoms with E-state index in [1.807, 2.05) is 47.7 Å². The maximum atomic E-state index is 12.6. The first kappa shape index (κ1) is 16.5. The lowest BCUT2D eigenvalue weighted by Gasteiger charge is -2.33. The molecule has 0 bridgehead atoms. The van der Waals surface area contributed by atoms with E-state index in [1.165, 1.54) is 0 Å². The monoisotopic (exact) mass is 328 g/mol. The molecule has 0 saturated carbocycles. The Bertz CT molecular complexity index is 708. The normalized spacial score (nSPS) is 17.8. The number of carbonyl (C=O) groups is 1. The van der Waals surface area contributed by atoms with E-state index in [1.54, 1.807) is 7.11 Å². The number of ether oxygens (including phenoxy) is 1. The smallest absolute Gasteiger partial charge is 0.227 e. The van der Waals surface area contributed by atoms with Crippen molar-refractivity contribution in [3.63, 3.8) is 0 Å². The molecule has 1 aliphatic heterocycles. The van der Waals surface area contributed by atoms with Gasteiger partial charge in [0.2, 0.25) is 5.91 Å². The molecule has 6 nitrogen and oxygen atoms in total. The molecule has 1 unspecified atom stereocenters. The fraction of sp³-hybridized carbons (Fsp3) is 0.500. The standard InChI is InChI=1S/C18H24N4O2/c1-13-19-14(2)22(20-13)16-5-4-10-21(12-16)18(23)11-15-6-8-17(24-3)9-7-15/h6-9,16H,4-5,10-12H2,1-3H3. The number of rotatable bonds is 4. The minimum absolute atomic E-state index is 0.166. The Kier molecular flexibility index (Phi) is 4.83. The van der Waals surface area contributed by atoms with E-state index >= 15 is 0 Å². The lowest BCUT2D eigenvalue weighted by atomic mass is 10.0. The fourth-order valence-corrected chi connectivity index (χ4v) is 3.29. The van der Waals surface area contributed by atoms with Crippen LogP contribution in [0.3, 0.4) is 0 Å². The number of hydrogen-bond donors (Lipinski definition) is 0. The molecule has 0 aliphatic carbocycles. The van der Waals surface area contributed by atoms with Crippen LogP contribution in [0.25, 0.3) is 0 Å². The molecule has 128 valence electrons. The average molecular weight is 328 g/mol. The Hall–Kier alpha value is -2.37. The first-order valence-corrected chi connectivity index (χ1v) is 8.37. The molecule has 2 aromatic rings. The largest absolute Gasteiger partial charge is 0.497 e. The van der Waals surface area contributed by atoms with Gasteiger partial charge in [0.15, 0.2) is 0 Å². The van der Waals surface area contributed by atoms with E-state index in [0.29, 0.717) is 13.0 Å². The third-order valence-corrected chi connectivity index (χ3v) is 4.52. The number of aromatic nitrogens is 3. The van der Waals surface area contributed by atoms with E-state index in [0.717, 1.165) is 42.3 Å². The van der Waals surface area contributed by atoms with E-state index in [2.05, 4.69) is 10.1 Å². The van der Waals surface area contributed by atoms with Gasteiger partial charge in [-0.15, -0.1) is 0 Å². The van der Waals surface area contributed by atoms with Crippen molar-refractivity contribution in [2.24, 2.45) is 0 Å². The SMILES string of the molecule is COc1ccc(CC(=O)N2CCCC(n3nc(C)nc3C)C2)cc1. The summed E-state index contributed by atoms with van der Waals surface area (Å²) in [5.74, 6) is 2.68. The number of benzene rings is 1. The molecular weight excluding hydrogens is 304 g/mol. The van der Waals surface area contributed by atoms with Gasteiger partial charge in [-0.05, 0) is 44.4 Å². The molecule has 1 fully saturated rings. The molecule has 1 aliphatic rings. The summed E-state index contributed by atoms with van der Waals surface area (Å²) in [4.78, 5) is 19.0. The van der Waals surface area contributed by atoms with Crippen molar-refractivity contribution in [3.05, 3.63) is 41.5 Å².